The van der Waals surface area contributed by atoms with E-state index in [1.807, 2.05) is 6.07 Å². The van der Waals surface area contributed by atoms with Crippen LogP contribution < -0.4 is 10.1 Å². The van der Waals surface area contributed by atoms with E-state index in [1.54, 1.807) is 6.07 Å². The Hall–Kier alpha value is -2.38. The van der Waals surface area contributed by atoms with Gasteiger partial charge in [-0.15, -0.1) is 0 Å². The third-order valence-electron chi connectivity index (χ3n) is 5.36. The van der Waals surface area contributed by atoms with Crippen molar-refractivity contribution >= 4 is 21.6 Å². The number of rotatable bonds is 7. The van der Waals surface area contributed by atoms with Gasteiger partial charge in [0.05, 0.1) is 17.7 Å². The SMILES string of the molecule is COc1ccc(S(=O)(=O)N2CCCC2)cc1NC(=O)CCc1ccc(C)c(C)c1. The van der Waals surface area contributed by atoms with Gasteiger partial charge < -0.3 is 10.1 Å². The number of hydrogen-bond donors (Lipinski definition) is 1. The van der Waals surface area contributed by atoms with Crippen molar-refractivity contribution in [2.24, 2.45) is 0 Å². The second-order valence-corrected chi connectivity index (χ2v) is 9.38. The predicted octanol–water partition coefficient (Wildman–Crippen LogP) is 3.67. The summed E-state index contributed by atoms with van der Waals surface area (Å²) in [5, 5.41) is 2.81. The standard InChI is InChI=1S/C22H28N2O4S/c1-16-6-7-18(14-17(16)2)8-11-22(25)23-20-15-19(9-10-21(20)28-3)29(26,27)24-12-4-5-13-24/h6-7,9-10,14-15H,4-5,8,11-13H2,1-3H3,(H,23,25). The molecule has 0 bridgehead atoms. The van der Waals surface area contributed by atoms with Gasteiger partial charge in [-0.05, 0) is 68.0 Å². The number of ether oxygens (including phenoxy) is 1. The molecule has 0 unspecified atom stereocenters. The normalized spacial score (nSPS) is 14.7. The summed E-state index contributed by atoms with van der Waals surface area (Å²) in [6.07, 6.45) is 2.66. The Morgan fingerprint density at radius 1 is 1.07 bits per heavy atom. The van der Waals surface area contributed by atoms with E-state index in [2.05, 4.69) is 31.3 Å². The van der Waals surface area contributed by atoms with Crippen LogP contribution in [-0.2, 0) is 21.2 Å². The topological polar surface area (TPSA) is 75.7 Å². The first-order chi connectivity index (χ1) is 13.8. The van der Waals surface area contributed by atoms with E-state index in [9.17, 15) is 13.2 Å². The quantitative estimate of drug-likeness (QED) is 0.747. The van der Waals surface area contributed by atoms with Crippen molar-refractivity contribution in [2.75, 3.05) is 25.5 Å². The highest BCUT2D eigenvalue weighted by atomic mass is 32.2. The molecule has 3 rings (SSSR count). The first kappa shape index (κ1) is 21.3. The number of sulfonamides is 1. The highest BCUT2D eigenvalue weighted by molar-refractivity contribution is 7.89. The van der Waals surface area contributed by atoms with E-state index in [0.29, 0.717) is 37.4 Å². The van der Waals surface area contributed by atoms with E-state index >= 15 is 0 Å². The molecule has 1 N–H and O–H groups in total. The minimum Gasteiger partial charge on any atom is -0.495 e. The van der Waals surface area contributed by atoms with Gasteiger partial charge in [0.25, 0.3) is 0 Å². The molecule has 0 saturated carbocycles. The summed E-state index contributed by atoms with van der Waals surface area (Å²) < 4.78 is 32.4. The van der Waals surface area contributed by atoms with Gasteiger partial charge >= 0.3 is 0 Å². The number of carbonyl (C=O) groups is 1. The summed E-state index contributed by atoms with van der Waals surface area (Å²) in [6, 6.07) is 10.8. The molecule has 7 heteroatoms. The zero-order valence-corrected chi connectivity index (χ0v) is 18.0. The molecule has 0 aliphatic carbocycles. The third-order valence-corrected chi connectivity index (χ3v) is 7.25. The summed E-state index contributed by atoms with van der Waals surface area (Å²) in [4.78, 5) is 12.7. The second-order valence-electron chi connectivity index (χ2n) is 7.44. The van der Waals surface area contributed by atoms with Crippen LogP contribution in [0.2, 0.25) is 0 Å². The average Bonchev–Trinajstić information content (AvgIpc) is 3.24. The Morgan fingerprint density at radius 2 is 1.79 bits per heavy atom. The zero-order valence-electron chi connectivity index (χ0n) is 17.2. The molecule has 156 valence electrons. The van der Waals surface area contributed by atoms with Crippen LogP contribution in [0.15, 0.2) is 41.3 Å². The van der Waals surface area contributed by atoms with E-state index in [0.717, 1.165) is 18.4 Å². The summed E-state index contributed by atoms with van der Waals surface area (Å²) in [5.74, 6) is 0.252. The minimum absolute atomic E-state index is 0.171. The maximum Gasteiger partial charge on any atom is 0.243 e. The Labute approximate surface area is 172 Å². The lowest BCUT2D eigenvalue weighted by Crippen LogP contribution is -2.28. The number of amides is 1. The Balaban J connectivity index is 1.73. The highest BCUT2D eigenvalue weighted by Crippen LogP contribution is 2.30. The molecule has 0 aromatic heterocycles. The van der Waals surface area contributed by atoms with Gasteiger partial charge in [0.1, 0.15) is 5.75 Å². The Kier molecular flexibility index (Phi) is 6.59. The van der Waals surface area contributed by atoms with Gasteiger partial charge in [0, 0.05) is 19.5 Å². The molecule has 1 heterocycles. The first-order valence-electron chi connectivity index (χ1n) is 9.85. The summed E-state index contributed by atoms with van der Waals surface area (Å²) in [5.41, 5.74) is 3.89. The van der Waals surface area contributed by atoms with Crippen LogP contribution in [0.3, 0.4) is 0 Å². The molecular formula is C22H28N2O4S. The van der Waals surface area contributed by atoms with Gasteiger partial charge in [-0.25, -0.2) is 8.42 Å². The van der Waals surface area contributed by atoms with Gasteiger partial charge in [-0.1, -0.05) is 18.2 Å². The zero-order chi connectivity index (χ0) is 21.0. The van der Waals surface area contributed by atoms with E-state index < -0.39 is 10.0 Å². The molecule has 6 nitrogen and oxygen atoms in total. The Morgan fingerprint density at radius 3 is 2.45 bits per heavy atom. The molecule has 1 fully saturated rings. The molecule has 2 aromatic rings. The maximum atomic E-state index is 12.8. The number of nitrogens with zero attached hydrogens (tertiary/aromatic N) is 1. The van der Waals surface area contributed by atoms with Crippen molar-refractivity contribution in [3.63, 3.8) is 0 Å². The van der Waals surface area contributed by atoms with Crippen LogP contribution in [-0.4, -0.2) is 38.8 Å². The molecule has 1 amide bonds. The van der Waals surface area contributed by atoms with E-state index in [4.69, 9.17) is 4.74 Å². The number of carbonyl (C=O) groups excluding carboxylic acids is 1. The van der Waals surface area contributed by atoms with Crippen LogP contribution in [0.1, 0.15) is 36.0 Å². The molecule has 1 saturated heterocycles. The van der Waals surface area contributed by atoms with Crippen molar-refractivity contribution in [1.29, 1.82) is 0 Å². The van der Waals surface area contributed by atoms with Crippen LogP contribution in [0, 0.1) is 13.8 Å². The smallest absolute Gasteiger partial charge is 0.243 e. The number of nitrogens with one attached hydrogen (secondary N) is 1. The Bertz CT molecular complexity index is 996. The van der Waals surface area contributed by atoms with Gasteiger partial charge in [0.15, 0.2) is 0 Å². The van der Waals surface area contributed by atoms with Gasteiger partial charge in [-0.2, -0.15) is 4.31 Å². The molecule has 1 aliphatic rings. The number of anilines is 1. The number of aryl methyl sites for hydroxylation is 3. The lowest BCUT2D eigenvalue weighted by Gasteiger charge is -2.17. The molecule has 2 aromatic carbocycles. The maximum absolute atomic E-state index is 12.8. The lowest BCUT2D eigenvalue weighted by molar-refractivity contribution is -0.116. The van der Waals surface area contributed by atoms with Crippen molar-refractivity contribution in [3.8, 4) is 5.75 Å². The van der Waals surface area contributed by atoms with E-state index in [1.165, 1.54) is 34.7 Å². The molecule has 29 heavy (non-hydrogen) atoms. The fourth-order valence-corrected chi connectivity index (χ4v) is 5.00. The second kappa shape index (κ2) is 8.97. The summed E-state index contributed by atoms with van der Waals surface area (Å²) in [6.45, 7) is 5.18. The number of methoxy groups -OCH3 is 1. The van der Waals surface area contributed by atoms with Crippen molar-refractivity contribution < 1.29 is 17.9 Å². The predicted molar refractivity (Wildman–Crippen MR) is 114 cm³/mol. The van der Waals surface area contributed by atoms with Crippen molar-refractivity contribution in [3.05, 3.63) is 53.1 Å². The molecule has 1 aliphatic heterocycles. The molecule has 0 spiro atoms. The fraction of sp³-hybridized carbons (Fsp3) is 0.409. The summed E-state index contributed by atoms with van der Waals surface area (Å²) in [7, 11) is -2.06. The molecular weight excluding hydrogens is 388 g/mol. The molecule has 0 radical (unpaired) electrons. The van der Waals surface area contributed by atoms with Gasteiger partial charge in [0.2, 0.25) is 15.9 Å². The van der Waals surface area contributed by atoms with Crippen LogP contribution in [0.5, 0.6) is 5.75 Å². The number of benzene rings is 2. The van der Waals surface area contributed by atoms with E-state index in [-0.39, 0.29) is 10.8 Å². The molecule has 0 atom stereocenters. The number of hydrogen-bond acceptors (Lipinski definition) is 4. The fourth-order valence-electron chi connectivity index (χ4n) is 3.45. The van der Waals surface area contributed by atoms with Crippen molar-refractivity contribution in [1.82, 2.24) is 4.31 Å². The third kappa shape index (κ3) is 4.97. The summed E-state index contributed by atoms with van der Waals surface area (Å²) >= 11 is 0. The average molecular weight is 417 g/mol. The minimum atomic E-state index is -3.56. The largest absolute Gasteiger partial charge is 0.495 e. The van der Waals surface area contributed by atoms with Crippen molar-refractivity contribution in [2.45, 2.75) is 44.4 Å². The van der Waals surface area contributed by atoms with Gasteiger partial charge in [-0.3, -0.25) is 4.79 Å². The van der Waals surface area contributed by atoms with Crippen LogP contribution >= 0.6 is 0 Å². The monoisotopic (exact) mass is 416 g/mol. The lowest BCUT2D eigenvalue weighted by atomic mass is 10.0. The van der Waals surface area contributed by atoms with Crippen LogP contribution in [0.25, 0.3) is 0 Å². The first-order valence-corrected chi connectivity index (χ1v) is 11.3. The highest BCUT2D eigenvalue weighted by Gasteiger charge is 2.28. The van der Waals surface area contributed by atoms with Crippen LogP contribution in [0.4, 0.5) is 5.69 Å².